The van der Waals surface area contributed by atoms with Gasteiger partial charge in [-0.05, 0) is 25.7 Å². The van der Waals surface area contributed by atoms with E-state index in [1.807, 2.05) is 0 Å². The first-order chi connectivity index (χ1) is 8.70. The second-order valence-corrected chi connectivity index (χ2v) is 9.45. The fraction of sp³-hybridized carbons (Fsp3) is 0.900. The maximum atomic E-state index is 12.0. The van der Waals surface area contributed by atoms with Gasteiger partial charge in [-0.3, -0.25) is 4.79 Å². The van der Waals surface area contributed by atoms with E-state index in [0.717, 1.165) is 0 Å². The van der Waals surface area contributed by atoms with Crippen LogP contribution in [0.2, 0.25) is 0 Å². The molecule has 9 heteroatoms. The van der Waals surface area contributed by atoms with Crippen LogP contribution in [0.25, 0.3) is 0 Å². The molecule has 0 aromatic carbocycles. The number of carboxylic acids is 1. The third-order valence-electron chi connectivity index (χ3n) is 3.74. The molecule has 0 bridgehead atoms. The highest BCUT2D eigenvalue weighted by Gasteiger charge is 2.39. The van der Waals surface area contributed by atoms with Crippen LogP contribution in [0, 0.1) is 5.92 Å². The SMILES string of the molecule is O=C(O)[C@@H]1CC[C@H](NS(=O)(=O)C2CCS(=O)(=O)C2)C1. The van der Waals surface area contributed by atoms with Gasteiger partial charge in [0.25, 0.3) is 0 Å². The summed E-state index contributed by atoms with van der Waals surface area (Å²) in [5.41, 5.74) is 0. The average Bonchev–Trinajstić information content (AvgIpc) is 2.84. The number of hydrogen-bond donors (Lipinski definition) is 2. The van der Waals surface area contributed by atoms with Crippen molar-refractivity contribution in [3.8, 4) is 0 Å². The minimum Gasteiger partial charge on any atom is -0.481 e. The molecular formula is C10H17NO6S2. The number of carbonyl (C=O) groups is 1. The monoisotopic (exact) mass is 311 g/mol. The molecule has 0 spiro atoms. The van der Waals surface area contributed by atoms with Crippen molar-refractivity contribution in [3.63, 3.8) is 0 Å². The number of rotatable bonds is 4. The normalized spacial score (nSPS) is 34.4. The van der Waals surface area contributed by atoms with Crippen LogP contribution < -0.4 is 4.72 Å². The Kier molecular flexibility index (Phi) is 3.90. The zero-order chi connectivity index (χ0) is 14.3. The van der Waals surface area contributed by atoms with Crippen molar-refractivity contribution in [3.05, 3.63) is 0 Å². The predicted octanol–water partition coefficient (Wildman–Crippen LogP) is -0.654. The Morgan fingerprint density at radius 1 is 1.21 bits per heavy atom. The zero-order valence-electron chi connectivity index (χ0n) is 10.3. The van der Waals surface area contributed by atoms with E-state index in [0.29, 0.717) is 12.8 Å². The molecule has 0 amide bonds. The van der Waals surface area contributed by atoms with Crippen molar-refractivity contribution in [1.29, 1.82) is 0 Å². The first kappa shape index (κ1) is 14.7. The molecule has 2 fully saturated rings. The molecule has 0 aromatic rings. The maximum absolute atomic E-state index is 12.0. The fourth-order valence-electron chi connectivity index (χ4n) is 2.65. The molecule has 7 nitrogen and oxygen atoms in total. The van der Waals surface area contributed by atoms with E-state index in [1.54, 1.807) is 0 Å². The number of carboxylic acid groups (broad SMARTS) is 1. The summed E-state index contributed by atoms with van der Waals surface area (Å²) in [6, 6.07) is -0.394. The average molecular weight is 311 g/mol. The molecule has 2 N–H and O–H groups in total. The van der Waals surface area contributed by atoms with Crippen LogP contribution in [0.1, 0.15) is 25.7 Å². The molecule has 1 aliphatic heterocycles. The molecule has 0 aromatic heterocycles. The van der Waals surface area contributed by atoms with Crippen molar-refractivity contribution in [2.75, 3.05) is 11.5 Å². The molecule has 19 heavy (non-hydrogen) atoms. The molecule has 2 aliphatic rings. The Labute approximate surface area is 112 Å². The fourth-order valence-corrected chi connectivity index (χ4v) is 6.98. The minimum absolute atomic E-state index is 0.0962. The smallest absolute Gasteiger partial charge is 0.306 e. The van der Waals surface area contributed by atoms with Crippen LogP contribution in [0.4, 0.5) is 0 Å². The van der Waals surface area contributed by atoms with Crippen molar-refractivity contribution < 1.29 is 26.7 Å². The highest BCUT2D eigenvalue weighted by atomic mass is 32.2. The summed E-state index contributed by atoms with van der Waals surface area (Å²) in [4.78, 5) is 10.8. The van der Waals surface area contributed by atoms with Gasteiger partial charge in [-0.1, -0.05) is 0 Å². The first-order valence-corrected chi connectivity index (χ1v) is 9.51. The Hall–Kier alpha value is -0.670. The number of sulfone groups is 1. The van der Waals surface area contributed by atoms with Gasteiger partial charge in [-0.25, -0.2) is 21.6 Å². The largest absolute Gasteiger partial charge is 0.481 e. The third kappa shape index (κ3) is 3.46. The highest BCUT2D eigenvalue weighted by molar-refractivity contribution is 7.95. The lowest BCUT2D eigenvalue weighted by molar-refractivity contribution is -0.141. The summed E-state index contributed by atoms with van der Waals surface area (Å²) in [5, 5.41) is 7.95. The summed E-state index contributed by atoms with van der Waals surface area (Å²) in [6.45, 7) is 0. The molecule has 1 saturated heterocycles. The van der Waals surface area contributed by atoms with Crippen molar-refractivity contribution in [2.45, 2.75) is 37.0 Å². The van der Waals surface area contributed by atoms with E-state index >= 15 is 0 Å². The molecular weight excluding hydrogens is 294 g/mol. The predicted molar refractivity (Wildman–Crippen MR) is 67.9 cm³/mol. The van der Waals surface area contributed by atoms with E-state index in [9.17, 15) is 21.6 Å². The van der Waals surface area contributed by atoms with Gasteiger partial charge in [-0.2, -0.15) is 0 Å². The van der Waals surface area contributed by atoms with Gasteiger partial charge in [0.2, 0.25) is 10.0 Å². The summed E-state index contributed by atoms with van der Waals surface area (Å²) in [5.74, 6) is -1.86. The van der Waals surface area contributed by atoms with Gasteiger partial charge < -0.3 is 5.11 Å². The van der Waals surface area contributed by atoms with E-state index < -0.39 is 43.0 Å². The van der Waals surface area contributed by atoms with Gasteiger partial charge in [0.1, 0.15) is 0 Å². The number of hydrogen-bond acceptors (Lipinski definition) is 5. The topological polar surface area (TPSA) is 118 Å². The van der Waals surface area contributed by atoms with Crippen LogP contribution in [-0.2, 0) is 24.7 Å². The summed E-state index contributed by atoms with van der Waals surface area (Å²) < 4.78 is 49.1. The first-order valence-electron chi connectivity index (χ1n) is 6.14. The molecule has 0 radical (unpaired) electrons. The van der Waals surface area contributed by atoms with Gasteiger partial charge in [0, 0.05) is 6.04 Å². The number of nitrogens with one attached hydrogen (secondary N) is 1. The van der Waals surface area contributed by atoms with Crippen molar-refractivity contribution >= 4 is 25.8 Å². The Bertz CT molecular complexity index is 567. The molecule has 1 heterocycles. The molecule has 2 rings (SSSR count). The zero-order valence-corrected chi connectivity index (χ0v) is 11.9. The van der Waals surface area contributed by atoms with Crippen LogP contribution in [0.5, 0.6) is 0 Å². The lowest BCUT2D eigenvalue weighted by atomic mass is 10.1. The Balaban J connectivity index is 1.98. The van der Waals surface area contributed by atoms with E-state index in [1.165, 1.54) is 0 Å². The molecule has 1 saturated carbocycles. The van der Waals surface area contributed by atoms with E-state index in [2.05, 4.69) is 4.72 Å². The summed E-state index contributed by atoms with van der Waals surface area (Å²) in [7, 11) is -6.94. The molecule has 3 atom stereocenters. The number of sulfonamides is 1. The van der Waals surface area contributed by atoms with Gasteiger partial charge in [0.05, 0.1) is 22.7 Å². The summed E-state index contributed by atoms with van der Waals surface area (Å²) >= 11 is 0. The van der Waals surface area contributed by atoms with Crippen molar-refractivity contribution in [2.24, 2.45) is 5.92 Å². The molecule has 110 valence electrons. The number of aliphatic carboxylic acids is 1. The third-order valence-corrected chi connectivity index (χ3v) is 7.66. The van der Waals surface area contributed by atoms with E-state index in [4.69, 9.17) is 5.11 Å². The van der Waals surface area contributed by atoms with E-state index in [-0.39, 0.29) is 24.3 Å². The van der Waals surface area contributed by atoms with Gasteiger partial charge >= 0.3 is 5.97 Å². The molecule has 1 unspecified atom stereocenters. The van der Waals surface area contributed by atoms with Gasteiger partial charge in [0.15, 0.2) is 9.84 Å². The lowest BCUT2D eigenvalue weighted by Crippen LogP contribution is -2.40. The van der Waals surface area contributed by atoms with Gasteiger partial charge in [-0.15, -0.1) is 0 Å². The second-order valence-electron chi connectivity index (χ2n) is 5.23. The Morgan fingerprint density at radius 3 is 2.37 bits per heavy atom. The standard InChI is InChI=1S/C10H17NO6S2/c12-10(13)7-1-2-8(5-7)11-19(16,17)9-3-4-18(14,15)6-9/h7-9,11H,1-6H2,(H,12,13)/t7-,8+,9?/m1/s1. The summed E-state index contributed by atoms with van der Waals surface area (Å²) in [6.07, 6.45) is 1.32. The van der Waals surface area contributed by atoms with Crippen molar-refractivity contribution in [1.82, 2.24) is 4.72 Å². The second kappa shape index (κ2) is 5.02. The quantitative estimate of drug-likeness (QED) is 0.712. The lowest BCUT2D eigenvalue weighted by Gasteiger charge is -2.16. The minimum atomic E-state index is -3.69. The molecule has 1 aliphatic carbocycles. The Morgan fingerprint density at radius 2 is 1.89 bits per heavy atom. The van der Waals surface area contributed by atoms with Crippen LogP contribution >= 0.6 is 0 Å². The van der Waals surface area contributed by atoms with Crippen LogP contribution in [-0.4, -0.2) is 50.7 Å². The van der Waals surface area contributed by atoms with Crippen LogP contribution in [0.15, 0.2) is 0 Å². The highest BCUT2D eigenvalue weighted by Crippen LogP contribution is 2.27. The maximum Gasteiger partial charge on any atom is 0.306 e. The van der Waals surface area contributed by atoms with Crippen LogP contribution in [0.3, 0.4) is 0 Å².